The Hall–Kier alpha value is -0.570. The molecule has 1 fully saturated rings. The molecule has 1 N–H and O–H groups in total. The minimum absolute atomic E-state index is 0.271. The summed E-state index contributed by atoms with van der Waals surface area (Å²) in [6.07, 6.45) is 1.17. The molecule has 1 rings (SSSR count). The average Bonchev–Trinajstić information content (AvgIpc) is 2.32. The van der Waals surface area contributed by atoms with Gasteiger partial charge in [0, 0.05) is 5.92 Å². The molecule has 0 saturated heterocycles. The molecule has 0 aromatic heterocycles. The van der Waals surface area contributed by atoms with Crippen molar-refractivity contribution in [2.24, 2.45) is 17.3 Å². The van der Waals surface area contributed by atoms with Crippen LogP contribution in [0.15, 0.2) is 11.4 Å². The minimum Gasteiger partial charge on any atom is -0.481 e. The fraction of sp³-hybridized carbons (Fsp3) is 0.625. The highest BCUT2D eigenvalue weighted by atomic mass is 35.5. The van der Waals surface area contributed by atoms with Gasteiger partial charge in [0.1, 0.15) is 0 Å². The van der Waals surface area contributed by atoms with Crippen LogP contribution in [-0.4, -0.2) is 11.1 Å². The summed E-state index contributed by atoms with van der Waals surface area (Å²) in [5.74, 6) is -1.66. The molecule has 1 saturated carbocycles. The molecule has 0 spiro atoms. The van der Waals surface area contributed by atoms with Crippen molar-refractivity contribution < 1.29 is 14.3 Å². The molecular weight excluding hydrogens is 183 g/mol. The molecule has 4 heteroatoms. The topological polar surface area (TPSA) is 37.3 Å². The summed E-state index contributed by atoms with van der Waals surface area (Å²) in [7, 11) is 0. The summed E-state index contributed by atoms with van der Waals surface area (Å²) < 4.78 is 12.2. The minimum atomic E-state index is -0.890. The Kier molecular flexibility index (Phi) is 2.17. The standard InChI is InChI=1S/C8H10ClFO2/c1-8(2)4(3-5(9)10)6(8)7(11)12/h3-4,6H,1-2H3,(H,11,12)/b5-3-/t4?,6-/m0/s1. The van der Waals surface area contributed by atoms with Gasteiger partial charge in [-0.2, -0.15) is 4.39 Å². The number of allylic oxidation sites excluding steroid dienone is 1. The van der Waals surface area contributed by atoms with Crippen LogP contribution in [0.1, 0.15) is 13.8 Å². The zero-order valence-corrected chi connectivity index (χ0v) is 7.60. The number of carboxylic acid groups (broad SMARTS) is 1. The van der Waals surface area contributed by atoms with Crippen LogP contribution in [0.2, 0.25) is 0 Å². The van der Waals surface area contributed by atoms with Gasteiger partial charge in [-0.3, -0.25) is 4.79 Å². The number of rotatable bonds is 2. The number of halogens is 2. The molecule has 2 atom stereocenters. The van der Waals surface area contributed by atoms with Crippen molar-refractivity contribution in [1.29, 1.82) is 0 Å². The zero-order valence-electron chi connectivity index (χ0n) is 6.84. The van der Waals surface area contributed by atoms with E-state index in [-0.39, 0.29) is 11.3 Å². The van der Waals surface area contributed by atoms with Crippen LogP contribution in [0.3, 0.4) is 0 Å². The Morgan fingerprint density at radius 2 is 2.17 bits per heavy atom. The molecule has 0 bridgehead atoms. The number of carbonyl (C=O) groups is 1. The number of hydrogen-bond donors (Lipinski definition) is 1. The van der Waals surface area contributed by atoms with Crippen molar-refractivity contribution in [2.75, 3.05) is 0 Å². The summed E-state index contributed by atoms with van der Waals surface area (Å²) >= 11 is 5.01. The van der Waals surface area contributed by atoms with Gasteiger partial charge in [-0.05, 0) is 11.5 Å². The van der Waals surface area contributed by atoms with Gasteiger partial charge in [0.15, 0.2) is 5.29 Å². The molecule has 0 aromatic carbocycles. The van der Waals surface area contributed by atoms with Crippen molar-refractivity contribution in [1.82, 2.24) is 0 Å². The number of carboxylic acids is 1. The highest BCUT2D eigenvalue weighted by Gasteiger charge is 2.61. The molecule has 2 nitrogen and oxygen atoms in total. The summed E-state index contributed by atoms with van der Waals surface area (Å²) in [5.41, 5.74) is -0.363. The van der Waals surface area contributed by atoms with E-state index in [1.54, 1.807) is 13.8 Å². The summed E-state index contributed by atoms with van der Waals surface area (Å²) in [5, 5.41) is 7.86. The summed E-state index contributed by atoms with van der Waals surface area (Å²) in [6.45, 7) is 3.57. The van der Waals surface area contributed by atoms with Gasteiger partial charge in [0.2, 0.25) is 0 Å². The smallest absolute Gasteiger partial charge is 0.307 e. The van der Waals surface area contributed by atoms with Crippen LogP contribution in [-0.2, 0) is 4.79 Å². The van der Waals surface area contributed by atoms with Crippen molar-refractivity contribution in [3.63, 3.8) is 0 Å². The quantitative estimate of drug-likeness (QED) is 0.730. The molecule has 68 valence electrons. The van der Waals surface area contributed by atoms with Gasteiger partial charge in [-0.25, -0.2) is 0 Å². The van der Waals surface area contributed by atoms with Gasteiger partial charge in [0.25, 0.3) is 0 Å². The average molecular weight is 193 g/mol. The van der Waals surface area contributed by atoms with E-state index in [2.05, 4.69) is 0 Å². The van der Waals surface area contributed by atoms with Gasteiger partial charge in [-0.1, -0.05) is 25.4 Å². The van der Waals surface area contributed by atoms with E-state index < -0.39 is 17.2 Å². The second kappa shape index (κ2) is 2.73. The van der Waals surface area contributed by atoms with E-state index in [4.69, 9.17) is 16.7 Å². The third kappa shape index (κ3) is 1.46. The van der Waals surface area contributed by atoms with Gasteiger partial charge in [0.05, 0.1) is 5.92 Å². The molecule has 1 aliphatic carbocycles. The van der Waals surface area contributed by atoms with Crippen molar-refractivity contribution in [3.05, 3.63) is 11.4 Å². The summed E-state index contributed by atoms with van der Waals surface area (Å²) in [4.78, 5) is 10.6. The van der Waals surface area contributed by atoms with Crippen molar-refractivity contribution in [3.8, 4) is 0 Å². The third-order valence-corrected chi connectivity index (χ3v) is 2.61. The van der Waals surface area contributed by atoms with Crippen molar-refractivity contribution in [2.45, 2.75) is 13.8 Å². The Morgan fingerprint density at radius 3 is 2.42 bits per heavy atom. The SMILES string of the molecule is CC1(C)C(/C=C(\F)Cl)[C@H]1C(=O)O. The molecule has 0 amide bonds. The predicted molar refractivity (Wildman–Crippen MR) is 43.4 cm³/mol. The first-order valence-corrected chi connectivity index (χ1v) is 4.01. The number of hydrogen-bond acceptors (Lipinski definition) is 1. The van der Waals surface area contributed by atoms with Gasteiger partial charge >= 0.3 is 5.97 Å². The first-order valence-electron chi connectivity index (χ1n) is 3.63. The molecule has 1 unspecified atom stereocenters. The van der Waals surface area contributed by atoms with E-state index in [0.717, 1.165) is 0 Å². The molecule has 0 aliphatic heterocycles. The van der Waals surface area contributed by atoms with Crippen LogP contribution in [0.25, 0.3) is 0 Å². The second-order valence-corrected chi connectivity index (χ2v) is 3.98. The lowest BCUT2D eigenvalue weighted by molar-refractivity contribution is -0.139. The highest BCUT2D eigenvalue weighted by molar-refractivity contribution is 6.28. The molecule has 0 aromatic rings. The van der Waals surface area contributed by atoms with Crippen LogP contribution in [0, 0.1) is 17.3 Å². The molecule has 12 heavy (non-hydrogen) atoms. The summed E-state index contributed by atoms with van der Waals surface area (Å²) in [6, 6.07) is 0. The van der Waals surface area contributed by atoms with Crippen LogP contribution < -0.4 is 0 Å². The molecular formula is C8H10ClFO2. The lowest BCUT2D eigenvalue weighted by atomic mass is 10.1. The molecule has 0 heterocycles. The molecule has 1 aliphatic rings. The zero-order chi connectivity index (χ0) is 9.52. The van der Waals surface area contributed by atoms with E-state index in [0.29, 0.717) is 0 Å². The molecule has 0 radical (unpaired) electrons. The number of aliphatic carboxylic acids is 1. The van der Waals surface area contributed by atoms with E-state index in [9.17, 15) is 9.18 Å². The van der Waals surface area contributed by atoms with E-state index in [1.807, 2.05) is 0 Å². The predicted octanol–water partition coefficient (Wildman–Crippen LogP) is 2.39. The highest BCUT2D eigenvalue weighted by Crippen LogP contribution is 2.59. The maximum atomic E-state index is 12.2. The fourth-order valence-corrected chi connectivity index (χ4v) is 1.73. The van der Waals surface area contributed by atoms with Gasteiger partial charge < -0.3 is 5.11 Å². The second-order valence-electron chi connectivity index (χ2n) is 3.62. The third-order valence-electron chi connectivity index (χ3n) is 2.48. The first kappa shape index (κ1) is 9.52. The lowest BCUT2D eigenvalue weighted by Crippen LogP contribution is -2.02. The Labute approximate surface area is 75.0 Å². The largest absolute Gasteiger partial charge is 0.481 e. The lowest BCUT2D eigenvalue weighted by Gasteiger charge is -1.95. The van der Waals surface area contributed by atoms with E-state index >= 15 is 0 Å². The Bertz CT molecular complexity index is 243. The van der Waals surface area contributed by atoms with Crippen LogP contribution in [0.5, 0.6) is 0 Å². The van der Waals surface area contributed by atoms with Gasteiger partial charge in [-0.15, -0.1) is 0 Å². The first-order chi connectivity index (χ1) is 5.37. The fourth-order valence-electron chi connectivity index (χ4n) is 1.60. The maximum Gasteiger partial charge on any atom is 0.307 e. The van der Waals surface area contributed by atoms with Crippen LogP contribution in [0.4, 0.5) is 4.39 Å². The Balaban J connectivity index is 2.73. The van der Waals surface area contributed by atoms with E-state index in [1.165, 1.54) is 6.08 Å². The maximum absolute atomic E-state index is 12.2. The Morgan fingerprint density at radius 1 is 1.67 bits per heavy atom. The van der Waals surface area contributed by atoms with Crippen molar-refractivity contribution >= 4 is 17.6 Å². The van der Waals surface area contributed by atoms with Crippen LogP contribution >= 0.6 is 11.6 Å². The monoisotopic (exact) mass is 192 g/mol. The normalized spacial score (nSPS) is 33.2.